The number of rotatable bonds is 4. The van der Waals surface area contributed by atoms with Crippen molar-refractivity contribution >= 4 is 11.7 Å². The van der Waals surface area contributed by atoms with Crippen LogP contribution in [-0.4, -0.2) is 35.2 Å². The van der Waals surface area contributed by atoms with Gasteiger partial charge in [0.15, 0.2) is 5.82 Å². The van der Waals surface area contributed by atoms with E-state index in [-0.39, 0.29) is 11.8 Å². The van der Waals surface area contributed by atoms with Crippen molar-refractivity contribution in [3.05, 3.63) is 42.5 Å². The summed E-state index contributed by atoms with van der Waals surface area (Å²) in [5.74, 6) is 1.72. The van der Waals surface area contributed by atoms with Crippen LogP contribution >= 0.6 is 0 Å². The Morgan fingerprint density at radius 2 is 1.82 bits per heavy atom. The second-order valence-electron chi connectivity index (χ2n) is 8.30. The molecule has 5 heteroatoms. The molecule has 1 aromatic carbocycles. The van der Waals surface area contributed by atoms with Gasteiger partial charge in [-0.15, -0.1) is 10.2 Å². The van der Waals surface area contributed by atoms with Crippen LogP contribution in [0.5, 0.6) is 0 Å². The van der Waals surface area contributed by atoms with Crippen molar-refractivity contribution in [2.45, 2.75) is 51.5 Å². The van der Waals surface area contributed by atoms with E-state index in [1.54, 1.807) is 0 Å². The van der Waals surface area contributed by atoms with Gasteiger partial charge in [0.1, 0.15) is 0 Å². The van der Waals surface area contributed by atoms with Gasteiger partial charge in [-0.25, -0.2) is 0 Å². The first-order valence-corrected chi connectivity index (χ1v) is 10.6. The zero-order valence-corrected chi connectivity index (χ0v) is 16.7. The van der Waals surface area contributed by atoms with Gasteiger partial charge in [-0.3, -0.25) is 4.79 Å². The fourth-order valence-electron chi connectivity index (χ4n) is 4.49. The minimum absolute atomic E-state index is 0.0403. The lowest BCUT2D eigenvalue weighted by atomic mass is 9.85. The van der Waals surface area contributed by atoms with Crippen molar-refractivity contribution in [2.24, 2.45) is 11.8 Å². The molecule has 3 unspecified atom stereocenters. The predicted octanol–water partition coefficient (Wildman–Crippen LogP) is 4.05. The van der Waals surface area contributed by atoms with E-state index in [2.05, 4.69) is 27.3 Å². The first-order valence-electron chi connectivity index (χ1n) is 10.6. The largest absolute Gasteiger partial charge is 0.354 e. The van der Waals surface area contributed by atoms with Crippen molar-refractivity contribution in [2.75, 3.05) is 18.0 Å². The van der Waals surface area contributed by atoms with Crippen molar-refractivity contribution in [1.82, 2.24) is 15.5 Å². The number of piperidine rings is 1. The van der Waals surface area contributed by atoms with Gasteiger partial charge in [0.2, 0.25) is 5.91 Å². The first kappa shape index (κ1) is 18.9. The third-order valence-electron chi connectivity index (χ3n) is 6.28. The monoisotopic (exact) mass is 378 g/mol. The average Bonchev–Trinajstić information content (AvgIpc) is 2.76. The van der Waals surface area contributed by atoms with Crippen LogP contribution in [-0.2, 0) is 4.79 Å². The van der Waals surface area contributed by atoms with Crippen molar-refractivity contribution in [1.29, 1.82) is 0 Å². The Morgan fingerprint density at radius 1 is 1.00 bits per heavy atom. The number of anilines is 1. The number of carbonyl (C=O) groups is 1. The maximum Gasteiger partial charge on any atom is 0.225 e. The summed E-state index contributed by atoms with van der Waals surface area (Å²) >= 11 is 0. The van der Waals surface area contributed by atoms with Crippen molar-refractivity contribution in [3.8, 4) is 11.3 Å². The minimum atomic E-state index is 0.0403. The van der Waals surface area contributed by atoms with Gasteiger partial charge in [0, 0.05) is 24.7 Å². The zero-order chi connectivity index (χ0) is 19.3. The second-order valence-corrected chi connectivity index (χ2v) is 8.30. The summed E-state index contributed by atoms with van der Waals surface area (Å²) in [6, 6.07) is 14.5. The molecule has 0 bridgehead atoms. The Labute approximate surface area is 167 Å². The Hall–Kier alpha value is -2.43. The van der Waals surface area contributed by atoms with E-state index in [0.29, 0.717) is 12.0 Å². The molecule has 28 heavy (non-hydrogen) atoms. The molecule has 1 saturated heterocycles. The van der Waals surface area contributed by atoms with Crippen LogP contribution < -0.4 is 10.2 Å². The Bertz CT molecular complexity index is 777. The zero-order valence-electron chi connectivity index (χ0n) is 16.7. The van der Waals surface area contributed by atoms with Gasteiger partial charge in [-0.1, -0.05) is 50.1 Å². The Balaban J connectivity index is 1.38. The van der Waals surface area contributed by atoms with Crippen LogP contribution in [0.25, 0.3) is 11.3 Å². The number of benzene rings is 1. The van der Waals surface area contributed by atoms with E-state index in [9.17, 15) is 4.79 Å². The molecule has 4 rings (SSSR count). The summed E-state index contributed by atoms with van der Waals surface area (Å²) in [7, 11) is 0. The summed E-state index contributed by atoms with van der Waals surface area (Å²) in [5, 5.41) is 12.2. The van der Waals surface area contributed by atoms with Crippen LogP contribution in [0.4, 0.5) is 5.82 Å². The Kier molecular flexibility index (Phi) is 5.89. The van der Waals surface area contributed by atoms with Crippen LogP contribution in [0.15, 0.2) is 42.5 Å². The number of hydrogen-bond acceptors (Lipinski definition) is 4. The maximum absolute atomic E-state index is 12.9. The first-order chi connectivity index (χ1) is 13.7. The third-order valence-corrected chi connectivity index (χ3v) is 6.28. The van der Waals surface area contributed by atoms with Gasteiger partial charge < -0.3 is 10.2 Å². The third kappa shape index (κ3) is 4.34. The SMILES string of the molecule is CC1CCCCC1NC(=O)C1CCCN(c2ccc(-c3ccccc3)nn2)C1. The van der Waals surface area contributed by atoms with Gasteiger partial charge in [-0.2, -0.15) is 0 Å². The molecular weight excluding hydrogens is 348 g/mol. The molecule has 1 saturated carbocycles. The molecular formula is C23H30N4O. The molecule has 0 radical (unpaired) electrons. The molecule has 3 atom stereocenters. The molecule has 5 nitrogen and oxygen atoms in total. The highest BCUT2D eigenvalue weighted by atomic mass is 16.2. The number of nitrogens with one attached hydrogen (secondary N) is 1. The van der Waals surface area contributed by atoms with E-state index < -0.39 is 0 Å². The molecule has 1 aliphatic carbocycles. The van der Waals surface area contributed by atoms with E-state index in [1.807, 2.05) is 42.5 Å². The lowest BCUT2D eigenvalue weighted by Gasteiger charge is -2.35. The summed E-state index contributed by atoms with van der Waals surface area (Å²) in [4.78, 5) is 15.1. The second kappa shape index (κ2) is 8.72. The smallest absolute Gasteiger partial charge is 0.225 e. The number of amides is 1. The minimum Gasteiger partial charge on any atom is -0.354 e. The van der Waals surface area contributed by atoms with Crippen LogP contribution in [0.2, 0.25) is 0 Å². The summed E-state index contributed by atoms with van der Waals surface area (Å²) in [5.41, 5.74) is 1.95. The molecule has 1 N–H and O–H groups in total. The molecule has 2 aromatic rings. The topological polar surface area (TPSA) is 58.1 Å². The molecule has 1 aliphatic heterocycles. The van der Waals surface area contributed by atoms with E-state index in [0.717, 1.165) is 49.4 Å². The highest BCUT2D eigenvalue weighted by Crippen LogP contribution is 2.26. The molecule has 1 amide bonds. The summed E-state index contributed by atoms with van der Waals surface area (Å²) < 4.78 is 0. The molecule has 0 spiro atoms. The quantitative estimate of drug-likeness (QED) is 0.872. The maximum atomic E-state index is 12.9. The molecule has 1 aromatic heterocycles. The highest BCUT2D eigenvalue weighted by Gasteiger charge is 2.30. The van der Waals surface area contributed by atoms with Crippen LogP contribution in [0, 0.1) is 11.8 Å². The van der Waals surface area contributed by atoms with Crippen molar-refractivity contribution < 1.29 is 4.79 Å². The highest BCUT2D eigenvalue weighted by molar-refractivity contribution is 5.80. The van der Waals surface area contributed by atoms with Crippen LogP contribution in [0.3, 0.4) is 0 Å². The Morgan fingerprint density at radius 3 is 2.57 bits per heavy atom. The number of hydrogen-bond donors (Lipinski definition) is 1. The normalized spacial score (nSPS) is 25.3. The lowest BCUT2D eigenvalue weighted by Crippen LogP contribution is -2.48. The average molecular weight is 379 g/mol. The van der Waals surface area contributed by atoms with Gasteiger partial charge in [0.25, 0.3) is 0 Å². The fraction of sp³-hybridized carbons (Fsp3) is 0.522. The number of aromatic nitrogens is 2. The molecule has 2 fully saturated rings. The van der Waals surface area contributed by atoms with Gasteiger partial charge >= 0.3 is 0 Å². The van der Waals surface area contributed by atoms with Crippen LogP contribution in [0.1, 0.15) is 45.4 Å². The number of nitrogens with zero attached hydrogens (tertiary/aromatic N) is 3. The van der Waals surface area contributed by atoms with E-state index in [1.165, 1.54) is 19.3 Å². The summed E-state index contributed by atoms with van der Waals surface area (Å²) in [6.07, 6.45) is 6.85. The van der Waals surface area contributed by atoms with E-state index >= 15 is 0 Å². The molecule has 148 valence electrons. The predicted molar refractivity (Wildman–Crippen MR) is 112 cm³/mol. The summed E-state index contributed by atoms with van der Waals surface area (Å²) in [6.45, 7) is 3.93. The van der Waals surface area contributed by atoms with Gasteiger partial charge in [0.05, 0.1) is 11.6 Å². The fourth-order valence-corrected chi connectivity index (χ4v) is 4.49. The van der Waals surface area contributed by atoms with Gasteiger partial charge in [-0.05, 0) is 43.7 Å². The number of carbonyl (C=O) groups excluding carboxylic acids is 1. The lowest BCUT2D eigenvalue weighted by molar-refractivity contribution is -0.126. The standard InChI is InChI=1S/C23H30N4O/c1-17-8-5-6-12-20(17)24-23(28)19-11-7-15-27(16-19)22-14-13-21(25-26-22)18-9-3-2-4-10-18/h2-4,9-10,13-14,17,19-20H,5-8,11-12,15-16H2,1H3,(H,24,28). The van der Waals surface area contributed by atoms with E-state index in [4.69, 9.17) is 0 Å². The molecule has 2 aliphatic rings. The van der Waals surface area contributed by atoms with Crippen molar-refractivity contribution in [3.63, 3.8) is 0 Å². The molecule has 2 heterocycles.